The molecular formula is C45H56N6O12. The molecule has 0 spiro atoms. The number of aromatic nitrogens is 3. The Hall–Kier alpha value is -6.21. The Kier molecular flexibility index (Phi) is 19.0. The van der Waals surface area contributed by atoms with Gasteiger partial charge in [0, 0.05) is 19.4 Å². The molecule has 4 aromatic rings. The van der Waals surface area contributed by atoms with E-state index >= 15 is 0 Å². The Morgan fingerprint density at radius 2 is 1.30 bits per heavy atom. The van der Waals surface area contributed by atoms with E-state index in [1.807, 2.05) is 42.5 Å². The standard InChI is InChI=1S/C45H56N6O12/c1-45(2,3)63-44(56)46-18-19-50-30-35(48-49-50)32-61-36-15-13-33(14-16-36)29-39(43(55)62-31-34-9-5-4-6-10-34)47-40(52)17-21-57-23-25-59-27-28-60-26-24-58-22-20-51-41(53)37-11-7-8-12-38(37)42(51)54/h4-16,30,39H,17-29,31-32H2,1-3H3,(H,46,56)(H,47,52)/t39-/m0/s1. The molecule has 0 saturated carbocycles. The average Bonchev–Trinajstić information content (AvgIpc) is 3.82. The van der Waals surface area contributed by atoms with Gasteiger partial charge < -0.3 is 43.8 Å². The van der Waals surface area contributed by atoms with Crippen molar-refractivity contribution in [3.8, 4) is 5.75 Å². The first kappa shape index (κ1) is 47.8. The summed E-state index contributed by atoms with van der Waals surface area (Å²) >= 11 is 0. The van der Waals surface area contributed by atoms with Crippen molar-refractivity contribution < 1.29 is 57.1 Å². The van der Waals surface area contributed by atoms with E-state index in [4.69, 9.17) is 33.2 Å². The van der Waals surface area contributed by atoms with Crippen molar-refractivity contribution in [3.05, 3.63) is 113 Å². The molecule has 1 aromatic heterocycles. The first-order valence-electron chi connectivity index (χ1n) is 20.8. The Labute approximate surface area is 366 Å². The van der Waals surface area contributed by atoms with Crippen LogP contribution >= 0.6 is 0 Å². The molecule has 0 radical (unpaired) electrons. The second-order valence-electron chi connectivity index (χ2n) is 15.3. The molecule has 0 unspecified atom stereocenters. The Bertz CT molecular complexity index is 2040. The van der Waals surface area contributed by atoms with Crippen molar-refractivity contribution in [2.75, 3.05) is 65.9 Å². The summed E-state index contributed by atoms with van der Waals surface area (Å²) < 4.78 is 40.4. The van der Waals surface area contributed by atoms with Crippen LogP contribution in [-0.4, -0.2) is 127 Å². The van der Waals surface area contributed by atoms with Crippen molar-refractivity contribution in [2.24, 2.45) is 0 Å². The molecule has 2 heterocycles. The van der Waals surface area contributed by atoms with E-state index < -0.39 is 23.7 Å². The largest absolute Gasteiger partial charge is 0.487 e. The van der Waals surface area contributed by atoms with E-state index in [2.05, 4.69) is 20.9 Å². The van der Waals surface area contributed by atoms with Gasteiger partial charge in [0.2, 0.25) is 5.91 Å². The third kappa shape index (κ3) is 16.9. The molecule has 1 aliphatic rings. The molecule has 63 heavy (non-hydrogen) atoms. The summed E-state index contributed by atoms with van der Waals surface area (Å²) in [5.74, 6) is -0.987. The molecule has 5 rings (SSSR count). The SMILES string of the molecule is CC(C)(C)OC(=O)NCCn1cc(COc2ccc(C[C@H](NC(=O)CCOCCOCCOCCOCCN3C(=O)c4ccccc4C3=O)C(=O)OCc3ccccc3)cc2)nn1. The third-order valence-electron chi connectivity index (χ3n) is 9.12. The number of nitrogens with zero attached hydrogens (tertiary/aromatic N) is 4. The summed E-state index contributed by atoms with van der Waals surface area (Å²) in [5.41, 5.74) is 2.43. The number of hydrogen-bond acceptors (Lipinski definition) is 14. The van der Waals surface area contributed by atoms with Crippen LogP contribution in [0.2, 0.25) is 0 Å². The van der Waals surface area contributed by atoms with Crippen LogP contribution in [0, 0.1) is 0 Å². The van der Waals surface area contributed by atoms with Gasteiger partial charge in [0.15, 0.2) is 0 Å². The average molecular weight is 873 g/mol. The topological polar surface area (TPSA) is 208 Å². The molecule has 1 aliphatic heterocycles. The van der Waals surface area contributed by atoms with E-state index in [9.17, 15) is 24.0 Å². The lowest BCUT2D eigenvalue weighted by atomic mass is 10.1. The van der Waals surface area contributed by atoms with Gasteiger partial charge in [-0.15, -0.1) is 5.10 Å². The molecule has 18 nitrogen and oxygen atoms in total. The van der Waals surface area contributed by atoms with Crippen LogP contribution in [0.4, 0.5) is 4.79 Å². The van der Waals surface area contributed by atoms with Gasteiger partial charge in [0.25, 0.3) is 11.8 Å². The number of rotatable bonds is 27. The first-order valence-corrected chi connectivity index (χ1v) is 20.8. The number of fused-ring (bicyclic) bond motifs is 1. The fraction of sp³-hybridized carbons (Fsp3) is 0.444. The molecule has 0 fully saturated rings. The molecule has 338 valence electrons. The third-order valence-corrected chi connectivity index (χ3v) is 9.12. The van der Waals surface area contributed by atoms with Gasteiger partial charge in [-0.1, -0.05) is 59.8 Å². The van der Waals surface area contributed by atoms with Crippen LogP contribution in [0.25, 0.3) is 0 Å². The number of nitrogens with one attached hydrogen (secondary N) is 2. The highest BCUT2D eigenvalue weighted by atomic mass is 16.6. The maximum absolute atomic E-state index is 13.2. The molecule has 0 saturated heterocycles. The molecule has 0 aliphatic carbocycles. The lowest BCUT2D eigenvalue weighted by molar-refractivity contribution is -0.149. The zero-order chi connectivity index (χ0) is 44.9. The Morgan fingerprint density at radius 3 is 1.94 bits per heavy atom. The van der Waals surface area contributed by atoms with Gasteiger partial charge in [0.05, 0.1) is 83.3 Å². The smallest absolute Gasteiger partial charge is 0.407 e. The number of ether oxygens (including phenoxy) is 7. The van der Waals surface area contributed by atoms with Gasteiger partial charge >= 0.3 is 12.1 Å². The van der Waals surface area contributed by atoms with Crippen LogP contribution in [-0.2, 0) is 64.2 Å². The van der Waals surface area contributed by atoms with E-state index in [0.717, 1.165) is 11.1 Å². The predicted molar refractivity (Wildman–Crippen MR) is 227 cm³/mol. The minimum Gasteiger partial charge on any atom is -0.487 e. The fourth-order valence-electron chi connectivity index (χ4n) is 6.03. The molecule has 3 aromatic carbocycles. The van der Waals surface area contributed by atoms with Crippen molar-refractivity contribution in [2.45, 2.75) is 65.0 Å². The summed E-state index contributed by atoms with van der Waals surface area (Å²) in [5, 5.41) is 13.7. The van der Waals surface area contributed by atoms with Gasteiger partial charge in [-0.2, -0.15) is 0 Å². The highest BCUT2D eigenvalue weighted by molar-refractivity contribution is 6.21. The van der Waals surface area contributed by atoms with Gasteiger partial charge in [0.1, 0.15) is 36.3 Å². The number of imide groups is 1. The Balaban J connectivity index is 0.941. The summed E-state index contributed by atoms with van der Waals surface area (Å²) in [4.78, 5) is 64.0. The molecule has 1 atom stereocenters. The summed E-state index contributed by atoms with van der Waals surface area (Å²) in [7, 11) is 0. The summed E-state index contributed by atoms with van der Waals surface area (Å²) in [6.07, 6.45) is 1.43. The maximum Gasteiger partial charge on any atom is 0.407 e. The molecule has 4 amide bonds. The second-order valence-corrected chi connectivity index (χ2v) is 15.3. The number of amides is 4. The molecular weight excluding hydrogens is 817 g/mol. The highest BCUT2D eigenvalue weighted by Gasteiger charge is 2.34. The molecule has 0 bridgehead atoms. The summed E-state index contributed by atoms with van der Waals surface area (Å²) in [6, 6.07) is 22.2. The van der Waals surface area contributed by atoms with Crippen molar-refractivity contribution in [3.63, 3.8) is 0 Å². The predicted octanol–water partition coefficient (Wildman–Crippen LogP) is 3.91. The maximum atomic E-state index is 13.2. The van der Waals surface area contributed by atoms with Gasteiger partial charge in [-0.05, 0) is 56.2 Å². The quantitative estimate of drug-likeness (QED) is 0.0495. The number of esters is 1. The highest BCUT2D eigenvalue weighted by Crippen LogP contribution is 2.22. The number of hydrogen-bond donors (Lipinski definition) is 2. The van der Waals surface area contributed by atoms with Crippen LogP contribution < -0.4 is 15.4 Å². The van der Waals surface area contributed by atoms with E-state index in [0.29, 0.717) is 68.7 Å². The van der Waals surface area contributed by atoms with Crippen LogP contribution in [0.1, 0.15) is 64.7 Å². The number of carbonyl (C=O) groups is 5. The first-order chi connectivity index (χ1) is 30.4. The number of alkyl carbamates (subject to hydrolysis) is 1. The fourth-order valence-corrected chi connectivity index (χ4v) is 6.03. The lowest BCUT2D eigenvalue weighted by Crippen LogP contribution is -2.43. The van der Waals surface area contributed by atoms with Crippen LogP contribution in [0.3, 0.4) is 0 Å². The van der Waals surface area contributed by atoms with Gasteiger partial charge in [-0.3, -0.25) is 24.0 Å². The van der Waals surface area contributed by atoms with Crippen LogP contribution in [0.5, 0.6) is 5.75 Å². The summed E-state index contributed by atoms with van der Waals surface area (Å²) in [6.45, 7) is 8.69. The number of carbonyl (C=O) groups excluding carboxylic acids is 5. The minimum atomic E-state index is -0.946. The monoisotopic (exact) mass is 872 g/mol. The Morgan fingerprint density at radius 1 is 0.698 bits per heavy atom. The van der Waals surface area contributed by atoms with E-state index in [1.165, 1.54) is 4.90 Å². The normalized spacial score (nSPS) is 12.8. The zero-order valence-electron chi connectivity index (χ0n) is 36.0. The molecule has 18 heteroatoms. The van der Waals surface area contributed by atoms with Gasteiger partial charge in [-0.25, -0.2) is 9.59 Å². The number of benzene rings is 3. The second kappa shape index (κ2) is 25.0. The zero-order valence-corrected chi connectivity index (χ0v) is 36.0. The van der Waals surface area contributed by atoms with E-state index in [-0.39, 0.29) is 70.1 Å². The minimum absolute atomic E-state index is 0.0240. The van der Waals surface area contributed by atoms with E-state index in [1.54, 1.807) is 68.0 Å². The van der Waals surface area contributed by atoms with Crippen molar-refractivity contribution >= 4 is 29.8 Å². The lowest BCUT2D eigenvalue weighted by Gasteiger charge is -2.19. The van der Waals surface area contributed by atoms with Crippen LogP contribution in [0.15, 0.2) is 85.1 Å². The van der Waals surface area contributed by atoms with Crippen molar-refractivity contribution in [1.29, 1.82) is 0 Å². The molecule has 2 N–H and O–H groups in total. The van der Waals surface area contributed by atoms with Crippen molar-refractivity contribution in [1.82, 2.24) is 30.5 Å².